The maximum Gasteiger partial charge on any atom is 0.283 e. The molecule has 9 nitrogen and oxygen atoms in total. The number of sulfone groups is 1. The van der Waals surface area contributed by atoms with E-state index >= 15 is 0 Å². The molecule has 2 aliphatic rings. The number of hydrogen-bond donors (Lipinski definition) is 1. The lowest BCUT2D eigenvalue weighted by Gasteiger charge is -2.24. The first-order valence-corrected chi connectivity index (χ1v) is 12.9. The van der Waals surface area contributed by atoms with Crippen LogP contribution < -0.4 is 9.47 Å². The second-order valence-electron chi connectivity index (χ2n) is 7.01. The highest BCUT2D eigenvalue weighted by Crippen LogP contribution is 2.31. The third-order valence-corrected chi connectivity index (χ3v) is 7.47. The average molecular weight is 519 g/mol. The second kappa shape index (κ2) is 10.00. The van der Waals surface area contributed by atoms with E-state index in [9.17, 15) is 13.2 Å². The molecule has 0 spiro atoms. The van der Waals surface area contributed by atoms with Gasteiger partial charge in [0.1, 0.15) is 30.5 Å². The van der Waals surface area contributed by atoms with Gasteiger partial charge in [0.2, 0.25) is 20.2 Å². The van der Waals surface area contributed by atoms with Crippen LogP contribution in [0, 0.1) is 5.41 Å². The third-order valence-electron chi connectivity index (χ3n) is 4.77. The molecule has 176 valence electrons. The van der Waals surface area contributed by atoms with E-state index in [1.165, 1.54) is 13.0 Å². The van der Waals surface area contributed by atoms with Gasteiger partial charge in [-0.25, -0.2) is 13.3 Å². The maximum atomic E-state index is 12.5. The summed E-state index contributed by atoms with van der Waals surface area (Å²) in [5, 5.41) is 8.49. The molecule has 0 atom stereocenters. The lowest BCUT2D eigenvalue weighted by Crippen LogP contribution is -2.45. The second-order valence-corrected chi connectivity index (χ2v) is 10.3. The lowest BCUT2D eigenvalue weighted by molar-refractivity contribution is -0.114. The van der Waals surface area contributed by atoms with E-state index in [1.54, 1.807) is 18.2 Å². The first kappa shape index (κ1) is 24.0. The van der Waals surface area contributed by atoms with Crippen LogP contribution in [0.5, 0.6) is 11.5 Å². The highest BCUT2D eigenvalue weighted by Gasteiger charge is 2.42. The predicted molar refractivity (Wildman–Crippen MR) is 133 cm³/mol. The standard InChI is InChI=1S/C22H19ClN4O5S2/c1-2-34(29,30)22-26-33-21-25-20(28)16(19(24)27(21)22)12-14-8-9-18(17(23)13-14)32-11-10-31-15-6-4-3-5-7-15/h3-9,12-13,24H,2,10-11H2,1H3/b16-12-,24-19?. The number of nitrogens with zero attached hydrogens (tertiary/aromatic N) is 3. The van der Waals surface area contributed by atoms with Crippen molar-refractivity contribution in [3.05, 3.63) is 64.7 Å². The smallest absolute Gasteiger partial charge is 0.283 e. The van der Waals surface area contributed by atoms with Crippen LogP contribution >= 0.6 is 23.5 Å². The van der Waals surface area contributed by atoms with Gasteiger partial charge in [-0.3, -0.25) is 10.2 Å². The van der Waals surface area contributed by atoms with E-state index < -0.39 is 15.7 Å². The molecule has 12 heteroatoms. The van der Waals surface area contributed by atoms with Gasteiger partial charge in [0.15, 0.2) is 0 Å². The Hall–Kier alpha value is -3.15. The van der Waals surface area contributed by atoms with Crippen molar-refractivity contribution in [1.29, 1.82) is 5.41 Å². The number of ether oxygens (including phenoxy) is 2. The third kappa shape index (κ3) is 5.01. The minimum absolute atomic E-state index is 0.0404. The van der Waals surface area contributed by atoms with Crippen LogP contribution in [0.2, 0.25) is 5.02 Å². The first-order valence-electron chi connectivity index (χ1n) is 10.1. The van der Waals surface area contributed by atoms with Gasteiger partial charge in [0, 0.05) is 0 Å². The zero-order valence-electron chi connectivity index (χ0n) is 17.9. The molecule has 2 aliphatic heterocycles. The summed E-state index contributed by atoms with van der Waals surface area (Å²) in [5.74, 6) is 0.00392. The van der Waals surface area contributed by atoms with E-state index in [1.807, 2.05) is 30.3 Å². The van der Waals surface area contributed by atoms with E-state index in [2.05, 4.69) is 9.39 Å². The largest absolute Gasteiger partial charge is 0.490 e. The minimum atomic E-state index is -3.71. The number of halogens is 1. The molecule has 0 fully saturated rings. The number of amides is 1. The van der Waals surface area contributed by atoms with Crippen LogP contribution in [0.4, 0.5) is 0 Å². The monoisotopic (exact) mass is 518 g/mol. The van der Waals surface area contributed by atoms with Crippen molar-refractivity contribution in [1.82, 2.24) is 4.90 Å². The zero-order chi connectivity index (χ0) is 24.3. The van der Waals surface area contributed by atoms with E-state index in [-0.39, 0.29) is 34.1 Å². The number of rotatable bonds is 7. The summed E-state index contributed by atoms with van der Waals surface area (Å²) in [6.45, 7) is 2.08. The van der Waals surface area contributed by atoms with Gasteiger partial charge in [-0.05, 0) is 35.9 Å². The van der Waals surface area contributed by atoms with Crippen molar-refractivity contribution in [3.63, 3.8) is 0 Å². The quantitative estimate of drug-likeness (QED) is 0.336. The van der Waals surface area contributed by atoms with Crippen molar-refractivity contribution >= 4 is 61.5 Å². The van der Waals surface area contributed by atoms with Crippen molar-refractivity contribution < 1.29 is 22.7 Å². The molecule has 1 N–H and O–H groups in total. The molecule has 2 heterocycles. The summed E-state index contributed by atoms with van der Waals surface area (Å²) in [6.07, 6.45) is 1.43. The minimum Gasteiger partial charge on any atom is -0.490 e. The van der Waals surface area contributed by atoms with Gasteiger partial charge in [0.25, 0.3) is 5.91 Å². The molecule has 1 amide bonds. The number of aliphatic imine (C=N–C) groups is 1. The Bertz CT molecular complexity index is 1340. The fourth-order valence-electron chi connectivity index (χ4n) is 3.05. The molecule has 0 radical (unpaired) electrons. The van der Waals surface area contributed by atoms with Crippen LogP contribution in [0.1, 0.15) is 12.5 Å². The number of benzene rings is 2. The molecule has 4 rings (SSSR count). The maximum absolute atomic E-state index is 12.5. The van der Waals surface area contributed by atoms with Gasteiger partial charge in [0.05, 0.1) is 28.3 Å². The Labute approximate surface area is 205 Å². The van der Waals surface area contributed by atoms with E-state index in [0.29, 0.717) is 22.9 Å². The van der Waals surface area contributed by atoms with Crippen molar-refractivity contribution in [3.8, 4) is 11.5 Å². The molecular formula is C22H19ClN4O5S2. The molecule has 34 heavy (non-hydrogen) atoms. The van der Waals surface area contributed by atoms with Gasteiger partial charge in [-0.1, -0.05) is 42.8 Å². The summed E-state index contributed by atoms with van der Waals surface area (Å²) in [5.41, 5.74) is 0.444. The number of carbonyl (C=O) groups excluding carboxylic acids is 1. The number of fused-ring (bicyclic) bond motifs is 1. The average Bonchev–Trinajstić information content (AvgIpc) is 3.26. The Balaban J connectivity index is 1.47. The Morgan fingerprint density at radius 3 is 2.59 bits per heavy atom. The number of nitrogens with one attached hydrogen (secondary N) is 1. The summed E-state index contributed by atoms with van der Waals surface area (Å²) in [4.78, 5) is 17.5. The Morgan fingerprint density at radius 2 is 1.88 bits per heavy atom. The molecule has 0 saturated carbocycles. The summed E-state index contributed by atoms with van der Waals surface area (Å²) in [6, 6.07) is 14.2. The van der Waals surface area contributed by atoms with Crippen LogP contribution in [0.15, 0.2) is 63.5 Å². The normalized spacial score (nSPS) is 16.9. The van der Waals surface area contributed by atoms with Crippen LogP contribution in [-0.2, 0) is 14.6 Å². The van der Waals surface area contributed by atoms with Crippen molar-refractivity contribution in [2.24, 2.45) is 9.39 Å². The van der Waals surface area contributed by atoms with Gasteiger partial charge in [-0.15, -0.1) is 0 Å². The number of para-hydroxylation sites is 1. The molecule has 0 aromatic heterocycles. The molecule has 0 saturated heterocycles. The first-order chi connectivity index (χ1) is 16.3. The van der Waals surface area contributed by atoms with Crippen LogP contribution in [-0.4, -0.2) is 54.4 Å². The fraction of sp³-hybridized carbons (Fsp3) is 0.182. The summed E-state index contributed by atoms with van der Waals surface area (Å²) in [7, 11) is -3.71. The van der Waals surface area contributed by atoms with Crippen molar-refractivity contribution in [2.45, 2.75) is 6.92 Å². The van der Waals surface area contributed by atoms with E-state index in [4.69, 9.17) is 26.5 Å². The molecule has 0 bridgehead atoms. The summed E-state index contributed by atoms with van der Waals surface area (Å²) >= 11 is 7.09. The molecule has 0 aliphatic carbocycles. The van der Waals surface area contributed by atoms with Gasteiger partial charge >= 0.3 is 0 Å². The Morgan fingerprint density at radius 1 is 1.15 bits per heavy atom. The highest BCUT2D eigenvalue weighted by atomic mass is 35.5. The topological polar surface area (TPSA) is 121 Å². The number of carbonyl (C=O) groups is 1. The zero-order valence-corrected chi connectivity index (χ0v) is 20.3. The highest BCUT2D eigenvalue weighted by molar-refractivity contribution is 8.16. The Kier molecular flexibility index (Phi) is 7.05. The number of amidine groups is 3. The molecule has 0 unspecified atom stereocenters. The van der Waals surface area contributed by atoms with Crippen molar-refractivity contribution in [2.75, 3.05) is 19.0 Å². The van der Waals surface area contributed by atoms with E-state index in [0.717, 1.165) is 22.6 Å². The lowest BCUT2D eigenvalue weighted by atomic mass is 10.1. The summed E-state index contributed by atoms with van der Waals surface area (Å²) < 4.78 is 39.8. The van der Waals surface area contributed by atoms with Crippen LogP contribution in [0.3, 0.4) is 0 Å². The predicted octanol–water partition coefficient (Wildman–Crippen LogP) is 3.81. The molecule has 2 aromatic rings. The fourth-order valence-corrected chi connectivity index (χ4v) is 5.25. The number of hydrogen-bond acceptors (Lipinski definition) is 8. The molecule has 2 aromatic carbocycles. The van der Waals surface area contributed by atoms with Gasteiger partial charge < -0.3 is 9.47 Å². The molecular weight excluding hydrogens is 500 g/mol. The van der Waals surface area contributed by atoms with Gasteiger partial charge in [-0.2, -0.15) is 9.39 Å². The SMILES string of the molecule is CCS(=O)(=O)C1=NSC2=NC(=O)/C(=C\c3ccc(OCCOc4ccccc4)c(Cl)c3)C(=N)N21. The van der Waals surface area contributed by atoms with Crippen LogP contribution in [0.25, 0.3) is 6.08 Å².